The summed E-state index contributed by atoms with van der Waals surface area (Å²) >= 11 is 0. The van der Waals surface area contributed by atoms with Gasteiger partial charge >= 0.3 is 12.4 Å². The van der Waals surface area contributed by atoms with Crippen molar-refractivity contribution in [2.24, 2.45) is 10.1 Å². The number of alkyl halides is 6. The molecule has 1 aliphatic rings. The zero-order chi connectivity index (χ0) is 30.4. The summed E-state index contributed by atoms with van der Waals surface area (Å²) in [5.74, 6) is -3.37. The van der Waals surface area contributed by atoms with E-state index in [4.69, 9.17) is 6.57 Å². The number of aliphatic imine (C=N–C) groups is 1. The Morgan fingerprint density at radius 1 is 0.690 bits per heavy atom. The average Bonchev–Trinajstić information content (AvgIpc) is 2.92. The molecule has 0 aliphatic heterocycles. The molecule has 0 saturated heterocycles. The van der Waals surface area contributed by atoms with Crippen molar-refractivity contribution in [3.63, 3.8) is 0 Å². The molecule has 0 unspecified atom stereocenters. The Balaban J connectivity index is 1.87. The summed E-state index contributed by atoms with van der Waals surface area (Å²) in [5.41, 5.74) is -4.43. The summed E-state index contributed by atoms with van der Waals surface area (Å²) in [7, 11) is 0. The zero-order valence-electron chi connectivity index (χ0n) is 20.5. The maximum Gasteiger partial charge on any atom is 0.419 e. The second kappa shape index (κ2) is 10.2. The third kappa shape index (κ3) is 4.83. The van der Waals surface area contributed by atoms with E-state index in [2.05, 4.69) is 25.0 Å². The Hall–Kier alpha value is -5.50. The minimum absolute atomic E-state index is 0.0706. The van der Waals surface area contributed by atoms with Crippen molar-refractivity contribution in [3.05, 3.63) is 117 Å². The molecule has 14 heteroatoms. The van der Waals surface area contributed by atoms with Crippen LogP contribution in [-0.2, 0) is 12.4 Å². The number of hydrogen-bond acceptors (Lipinski definition) is 5. The highest BCUT2D eigenvalue weighted by molar-refractivity contribution is 6.30. The number of benzene rings is 3. The molecule has 0 atom stereocenters. The van der Waals surface area contributed by atoms with Gasteiger partial charge in [-0.05, 0) is 24.3 Å². The molecule has 208 valence electrons. The van der Waals surface area contributed by atoms with Gasteiger partial charge in [-0.1, -0.05) is 36.4 Å². The lowest BCUT2D eigenvalue weighted by molar-refractivity contribution is -0.140. The van der Waals surface area contributed by atoms with Crippen LogP contribution in [0.5, 0.6) is 0 Å². The van der Waals surface area contributed by atoms with Crippen molar-refractivity contribution in [2.75, 3.05) is 0 Å². The van der Waals surface area contributed by atoms with Gasteiger partial charge in [0.15, 0.2) is 5.71 Å². The lowest BCUT2D eigenvalue weighted by atomic mass is 9.87. The lowest BCUT2D eigenvalue weighted by Gasteiger charge is -2.22. The highest BCUT2D eigenvalue weighted by Gasteiger charge is 2.37. The third-order valence-electron chi connectivity index (χ3n) is 6.19. The second-order valence-corrected chi connectivity index (χ2v) is 8.66. The number of nitriles is 1. The molecule has 0 bridgehead atoms. The summed E-state index contributed by atoms with van der Waals surface area (Å²) in [4.78, 5) is 15.6. The highest BCUT2D eigenvalue weighted by Crippen LogP contribution is 2.39. The quantitative estimate of drug-likeness (QED) is 0.0940. The van der Waals surface area contributed by atoms with Gasteiger partial charge in [0.1, 0.15) is 28.7 Å². The van der Waals surface area contributed by atoms with Gasteiger partial charge in [0, 0.05) is 22.3 Å². The van der Waals surface area contributed by atoms with Gasteiger partial charge in [0.25, 0.3) is 0 Å². The van der Waals surface area contributed by atoms with Crippen molar-refractivity contribution >= 4 is 11.4 Å². The summed E-state index contributed by atoms with van der Waals surface area (Å²) in [5, 5.41) is 13.1. The Morgan fingerprint density at radius 2 is 1.14 bits per heavy atom. The second-order valence-electron chi connectivity index (χ2n) is 8.66. The molecule has 1 aliphatic carbocycles. The molecule has 0 saturated carbocycles. The van der Waals surface area contributed by atoms with Gasteiger partial charge in [-0.3, -0.25) is 0 Å². The molecule has 3 aromatic carbocycles. The normalized spacial score (nSPS) is 14.7. The number of hydrogen-bond donors (Lipinski definition) is 0. The fourth-order valence-electron chi connectivity index (χ4n) is 4.42. The van der Waals surface area contributed by atoms with E-state index in [0.29, 0.717) is 35.4 Å². The number of halogens is 8. The van der Waals surface area contributed by atoms with Crippen LogP contribution in [0.3, 0.4) is 0 Å². The maximum absolute atomic E-state index is 14.6. The van der Waals surface area contributed by atoms with E-state index in [1.165, 1.54) is 12.1 Å². The van der Waals surface area contributed by atoms with E-state index < -0.39 is 35.1 Å². The van der Waals surface area contributed by atoms with E-state index in [-0.39, 0.29) is 45.3 Å². The molecule has 1 heterocycles. The molecule has 0 spiro atoms. The third-order valence-corrected chi connectivity index (χ3v) is 6.19. The van der Waals surface area contributed by atoms with Gasteiger partial charge in [-0.25, -0.2) is 18.7 Å². The minimum Gasteiger partial charge on any atom is -0.241 e. The first-order valence-electron chi connectivity index (χ1n) is 11.5. The van der Waals surface area contributed by atoms with Gasteiger partial charge in [-0.15, -0.1) is 4.95 Å². The maximum atomic E-state index is 14.6. The Morgan fingerprint density at radius 3 is 1.55 bits per heavy atom. The van der Waals surface area contributed by atoms with Crippen LogP contribution in [0.1, 0.15) is 33.6 Å². The Kier molecular flexibility index (Phi) is 6.78. The topological polar surface area (TPSA) is 78.6 Å². The molecule has 1 aromatic heterocycles. The number of rotatable bonds is 2. The Bertz CT molecular complexity index is 1770. The predicted octanol–water partition coefficient (Wildman–Crippen LogP) is 7.43. The van der Waals surface area contributed by atoms with Crippen LogP contribution in [0, 0.1) is 29.7 Å². The van der Waals surface area contributed by atoms with Crippen LogP contribution in [-0.4, -0.2) is 21.4 Å². The fourth-order valence-corrected chi connectivity index (χ4v) is 4.42. The van der Waals surface area contributed by atoms with E-state index in [0.717, 1.165) is 12.1 Å². The molecule has 5 rings (SSSR count). The SMILES string of the molecule is [C-]#[N+]/N=C1\c2ccccc2/C(=N/C#N)c2nc(-c3ccc(C(F)(F)F)c(F)c3)c(-c3ccc(C(F)(F)F)c(F)c3)nc21. The standard InChI is InChI=1S/C28H10F8N6/c1-38-42-24-16-5-3-2-4-15(16)23(39-12-37)25-26(24)41-22(14-7-9-18(20(30)11-14)28(34,35)36)21(40-25)13-6-8-17(19(29)10-13)27(31,32)33/h2-11H/b39-23-,42-24+. The molecule has 4 aromatic rings. The van der Waals surface area contributed by atoms with Gasteiger partial charge < -0.3 is 0 Å². The van der Waals surface area contributed by atoms with Crippen molar-refractivity contribution in [1.82, 2.24) is 9.97 Å². The lowest BCUT2D eigenvalue weighted by Crippen LogP contribution is -2.25. The van der Waals surface area contributed by atoms with Crippen LogP contribution in [0.4, 0.5) is 35.1 Å². The van der Waals surface area contributed by atoms with E-state index in [1.807, 2.05) is 0 Å². The summed E-state index contributed by atoms with van der Waals surface area (Å²) in [6.45, 7) is 7.27. The largest absolute Gasteiger partial charge is 0.419 e. The Labute approximate surface area is 230 Å². The predicted molar refractivity (Wildman–Crippen MR) is 133 cm³/mol. The van der Waals surface area contributed by atoms with Crippen LogP contribution in [0.15, 0.2) is 70.8 Å². The van der Waals surface area contributed by atoms with E-state index in [1.54, 1.807) is 18.3 Å². The molecule has 42 heavy (non-hydrogen) atoms. The van der Waals surface area contributed by atoms with E-state index >= 15 is 0 Å². The van der Waals surface area contributed by atoms with Gasteiger partial charge in [0.2, 0.25) is 6.19 Å². The van der Waals surface area contributed by atoms with Crippen molar-refractivity contribution in [3.8, 4) is 28.7 Å². The van der Waals surface area contributed by atoms with Crippen molar-refractivity contribution in [1.29, 1.82) is 5.26 Å². The van der Waals surface area contributed by atoms with Gasteiger partial charge in [0.05, 0.1) is 27.6 Å². The van der Waals surface area contributed by atoms with Crippen LogP contribution in [0.2, 0.25) is 0 Å². The molecule has 0 fully saturated rings. The van der Waals surface area contributed by atoms with Crippen molar-refractivity contribution in [2.45, 2.75) is 12.4 Å². The first kappa shape index (κ1) is 28.0. The molecule has 0 amide bonds. The first-order chi connectivity index (χ1) is 19.8. The molecule has 0 radical (unpaired) electrons. The summed E-state index contributed by atoms with van der Waals surface area (Å²) in [6, 6.07) is 9.84. The monoisotopic (exact) mass is 582 g/mol. The summed E-state index contributed by atoms with van der Waals surface area (Å²) in [6.07, 6.45) is -8.46. The van der Waals surface area contributed by atoms with Crippen LogP contribution >= 0.6 is 0 Å². The van der Waals surface area contributed by atoms with Crippen molar-refractivity contribution < 1.29 is 35.1 Å². The number of aromatic nitrogens is 2. The number of nitrogens with zero attached hydrogens (tertiary/aromatic N) is 6. The molecular weight excluding hydrogens is 572 g/mol. The average molecular weight is 582 g/mol. The minimum atomic E-state index is -5.04. The van der Waals surface area contributed by atoms with Gasteiger partial charge in [-0.2, -0.15) is 43.2 Å². The molecule has 0 N–H and O–H groups in total. The smallest absolute Gasteiger partial charge is 0.241 e. The number of fused-ring (bicyclic) bond motifs is 2. The fraction of sp³-hybridized carbons (Fsp3) is 0.0714. The zero-order valence-corrected chi connectivity index (χ0v) is 20.5. The summed E-state index contributed by atoms with van der Waals surface area (Å²) < 4.78 is 109. The van der Waals surface area contributed by atoms with Crippen LogP contribution < -0.4 is 0 Å². The van der Waals surface area contributed by atoms with E-state index in [9.17, 15) is 40.4 Å². The highest BCUT2D eigenvalue weighted by atomic mass is 19.4. The van der Waals surface area contributed by atoms with Crippen LogP contribution in [0.25, 0.3) is 27.5 Å². The molecular formula is C28H10F8N6. The first-order valence-corrected chi connectivity index (χ1v) is 11.5. The molecule has 6 nitrogen and oxygen atoms in total.